The fraction of sp³-hybridized carbons (Fsp3) is 0.714. The van der Waals surface area contributed by atoms with Crippen molar-refractivity contribution in [1.82, 2.24) is 9.80 Å². The third kappa shape index (κ3) is 3.12. The van der Waals surface area contributed by atoms with Gasteiger partial charge in [-0.25, -0.2) is 0 Å². The molecule has 1 aromatic heterocycles. The molecule has 1 saturated heterocycles. The minimum atomic E-state index is 0.371. The number of nitrogens with two attached hydrogens (primary N) is 1. The van der Waals surface area contributed by atoms with E-state index in [1.807, 2.05) is 0 Å². The molecule has 0 radical (unpaired) electrons. The van der Waals surface area contributed by atoms with Crippen molar-refractivity contribution in [2.45, 2.75) is 31.8 Å². The molecular formula is C14H25N3S. The first kappa shape index (κ1) is 14.0. The van der Waals surface area contributed by atoms with E-state index in [1.54, 1.807) is 11.3 Å². The molecule has 102 valence electrons. The quantitative estimate of drug-likeness (QED) is 0.857. The van der Waals surface area contributed by atoms with Crippen LogP contribution in [0.2, 0.25) is 0 Å². The monoisotopic (exact) mass is 267 g/mol. The zero-order chi connectivity index (χ0) is 13.0. The number of nitrogens with zero attached hydrogens (tertiary/aromatic N) is 2. The maximum Gasteiger partial charge on any atom is 0.0476 e. The lowest BCUT2D eigenvalue weighted by Gasteiger charge is -2.32. The van der Waals surface area contributed by atoms with E-state index < -0.39 is 0 Å². The first-order chi connectivity index (χ1) is 8.76. The van der Waals surface area contributed by atoms with Crippen LogP contribution in [0.5, 0.6) is 0 Å². The van der Waals surface area contributed by atoms with Crippen LogP contribution in [0, 0.1) is 0 Å². The Labute approximate surface area is 115 Å². The highest BCUT2D eigenvalue weighted by Crippen LogP contribution is 2.24. The molecule has 2 rings (SSSR count). The van der Waals surface area contributed by atoms with E-state index in [-0.39, 0.29) is 0 Å². The van der Waals surface area contributed by atoms with Crippen molar-refractivity contribution in [3.05, 3.63) is 22.4 Å². The Hall–Kier alpha value is -0.420. The van der Waals surface area contributed by atoms with Crippen LogP contribution in [0.15, 0.2) is 16.8 Å². The predicted octanol–water partition coefficient (Wildman–Crippen LogP) is 2.16. The maximum atomic E-state index is 5.96. The number of rotatable bonds is 6. The smallest absolute Gasteiger partial charge is 0.0476 e. The van der Waals surface area contributed by atoms with Crippen molar-refractivity contribution in [2.75, 3.05) is 33.2 Å². The summed E-state index contributed by atoms with van der Waals surface area (Å²) < 4.78 is 0. The van der Waals surface area contributed by atoms with Crippen molar-refractivity contribution < 1.29 is 0 Å². The molecule has 0 aliphatic carbocycles. The summed E-state index contributed by atoms with van der Waals surface area (Å²) in [4.78, 5) is 5.03. The van der Waals surface area contributed by atoms with Crippen molar-refractivity contribution in [3.63, 3.8) is 0 Å². The van der Waals surface area contributed by atoms with Gasteiger partial charge in [0.2, 0.25) is 0 Å². The molecule has 18 heavy (non-hydrogen) atoms. The standard InChI is InChI=1S/C14H25N3S/c1-3-17-7-4-5-13(17)10-16(2)14(9-15)12-6-8-18-11-12/h6,8,11,13-14H,3-5,7,9-10,15H2,1-2H3. The number of hydrogen-bond donors (Lipinski definition) is 1. The number of thiophene rings is 1. The minimum absolute atomic E-state index is 0.371. The summed E-state index contributed by atoms with van der Waals surface area (Å²) in [6.07, 6.45) is 2.68. The van der Waals surface area contributed by atoms with Gasteiger partial charge in [0, 0.05) is 25.2 Å². The number of likely N-dealkylation sites (tertiary alicyclic amines) is 1. The Kier molecular flexibility index (Phi) is 5.18. The maximum absolute atomic E-state index is 5.96. The molecule has 1 aromatic rings. The highest BCUT2D eigenvalue weighted by Gasteiger charge is 2.26. The fourth-order valence-electron chi connectivity index (χ4n) is 3.01. The van der Waals surface area contributed by atoms with Gasteiger partial charge in [0.05, 0.1) is 0 Å². The summed E-state index contributed by atoms with van der Waals surface area (Å²) in [5, 5.41) is 4.36. The normalized spacial score (nSPS) is 22.8. The van der Waals surface area contributed by atoms with E-state index in [2.05, 4.69) is 40.6 Å². The predicted molar refractivity (Wildman–Crippen MR) is 79.0 cm³/mol. The van der Waals surface area contributed by atoms with Gasteiger partial charge < -0.3 is 5.73 Å². The van der Waals surface area contributed by atoms with E-state index in [9.17, 15) is 0 Å². The van der Waals surface area contributed by atoms with Gasteiger partial charge >= 0.3 is 0 Å². The molecule has 4 heteroatoms. The first-order valence-corrected chi connectivity index (χ1v) is 7.87. The third-order valence-electron chi connectivity index (χ3n) is 4.09. The van der Waals surface area contributed by atoms with E-state index in [0.717, 1.165) is 6.54 Å². The molecule has 3 nitrogen and oxygen atoms in total. The Morgan fingerprint density at radius 1 is 1.61 bits per heavy atom. The average Bonchev–Trinajstić information content (AvgIpc) is 3.01. The summed E-state index contributed by atoms with van der Waals surface area (Å²) in [5.74, 6) is 0. The lowest BCUT2D eigenvalue weighted by atomic mass is 10.1. The van der Waals surface area contributed by atoms with Gasteiger partial charge in [-0.05, 0) is 55.4 Å². The van der Waals surface area contributed by atoms with E-state index in [0.29, 0.717) is 18.6 Å². The third-order valence-corrected chi connectivity index (χ3v) is 4.79. The van der Waals surface area contributed by atoms with E-state index >= 15 is 0 Å². The van der Waals surface area contributed by atoms with Gasteiger partial charge in [-0.2, -0.15) is 11.3 Å². The zero-order valence-corrected chi connectivity index (χ0v) is 12.3. The van der Waals surface area contributed by atoms with Crippen LogP contribution in [0.4, 0.5) is 0 Å². The molecule has 1 aliphatic rings. The van der Waals surface area contributed by atoms with Gasteiger partial charge in [-0.3, -0.25) is 9.80 Å². The molecule has 0 spiro atoms. The van der Waals surface area contributed by atoms with Crippen molar-refractivity contribution in [2.24, 2.45) is 5.73 Å². The molecule has 2 unspecified atom stereocenters. The van der Waals surface area contributed by atoms with Crippen LogP contribution in [0.1, 0.15) is 31.4 Å². The Morgan fingerprint density at radius 3 is 3.06 bits per heavy atom. The Balaban J connectivity index is 1.95. The highest BCUT2D eigenvalue weighted by atomic mass is 32.1. The molecular weight excluding hydrogens is 242 g/mol. The minimum Gasteiger partial charge on any atom is -0.329 e. The lowest BCUT2D eigenvalue weighted by Crippen LogP contribution is -2.41. The summed E-state index contributed by atoms with van der Waals surface area (Å²) in [7, 11) is 2.21. The molecule has 0 aromatic carbocycles. The Morgan fingerprint density at radius 2 is 2.44 bits per heavy atom. The molecule has 1 fully saturated rings. The summed E-state index contributed by atoms with van der Waals surface area (Å²) in [5.41, 5.74) is 7.32. The fourth-order valence-corrected chi connectivity index (χ4v) is 3.72. The molecule has 0 bridgehead atoms. The second kappa shape index (κ2) is 6.66. The highest BCUT2D eigenvalue weighted by molar-refractivity contribution is 7.07. The SMILES string of the molecule is CCN1CCCC1CN(C)C(CN)c1ccsc1. The van der Waals surface area contributed by atoms with Crippen LogP contribution in [0.25, 0.3) is 0 Å². The lowest BCUT2D eigenvalue weighted by molar-refractivity contribution is 0.166. The van der Waals surface area contributed by atoms with Crippen LogP contribution in [0.3, 0.4) is 0 Å². The van der Waals surface area contributed by atoms with Gasteiger partial charge in [-0.1, -0.05) is 6.92 Å². The molecule has 2 heterocycles. The van der Waals surface area contributed by atoms with Gasteiger partial charge in [0.1, 0.15) is 0 Å². The van der Waals surface area contributed by atoms with Crippen LogP contribution >= 0.6 is 11.3 Å². The molecule has 2 atom stereocenters. The molecule has 2 N–H and O–H groups in total. The first-order valence-electron chi connectivity index (χ1n) is 6.92. The van der Waals surface area contributed by atoms with Gasteiger partial charge in [0.15, 0.2) is 0 Å². The number of hydrogen-bond acceptors (Lipinski definition) is 4. The van der Waals surface area contributed by atoms with Crippen molar-refractivity contribution in [1.29, 1.82) is 0 Å². The summed E-state index contributed by atoms with van der Waals surface area (Å²) in [6.45, 7) is 6.53. The molecule has 1 aliphatic heterocycles. The van der Waals surface area contributed by atoms with Crippen LogP contribution < -0.4 is 5.73 Å². The number of likely N-dealkylation sites (N-methyl/N-ethyl adjacent to an activating group) is 2. The largest absolute Gasteiger partial charge is 0.329 e. The molecule has 0 saturated carbocycles. The van der Waals surface area contributed by atoms with E-state index in [1.165, 1.54) is 31.5 Å². The van der Waals surface area contributed by atoms with Crippen molar-refractivity contribution in [3.8, 4) is 0 Å². The van der Waals surface area contributed by atoms with Crippen molar-refractivity contribution >= 4 is 11.3 Å². The van der Waals surface area contributed by atoms with Crippen LogP contribution in [-0.4, -0.2) is 49.1 Å². The second-order valence-corrected chi connectivity index (χ2v) is 5.95. The second-order valence-electron chi connectivity index (χ2n) is 5.17. The zero-order valence-electron chi connectivity index (χ0n) is 11.5. The Bertz CT molecular complexity index is 339. The van der Waals surface area contributed by atoms with Gasteiger partial charge in [-0.15, -0.1) is 0 Å². The topological polar surface area (TPSA) is 32.5 Å². The van der Waals surface area contributed by atoms with Gasteiger partial charge in [0.25, 0.3) is 0 Å². The average molecular weight is 267 g/mol. The van der Waals surface area contributed by atoms with E-state index in [4.69, 9.17) is 5.73 Å². The van der Waals surface area contributed by atoms with Crippen LogP contribution in [-0.2, 0) is 0 Å². The molecule has 0 amide bonds. The summed E-state index contributed by atoms with van der Waals surface area (Å²) >= 11 is 1.76. The summed E-state index contributed by atoms with van der Waals surface area (Å²) in [6, 6.07) is 3.29.